The van der Waals surface area contributed by atoms with E-state index in [0.717, 1.165) is 33.5 Å². The lowest BCUT2D eigenvalue weighted by Crippen LogP contribution is -2.30. The Morgan fingerprint density at radius 3 is 2.00 bits per heavy atom. The topological polar surface area (TPSA) is 49.0 Å². The number of carbonyl (C=O) groups excluding carboxylic acids is 1. The van der Waals surface area contributed by atoms with Crippen LogP contribution in [0.25, 0.3) is 22.4 Å². The van der Waals surface area contributed by atoms with Crippen LogP contribution in [-0.2, 0) is 13.1 Å². The number of aromatic amines is 1. The molecule has 0 saturated carbocycles. The van der Waals surface area contributed by atoms with Crippen LogP contribution in [-0.4, -0.2) is 20.8 Å². The number of nitrogens with zero attached hydrogens (tertiary/aromatic N) is 2. The molecule has 0 aliphatic heterocycles. The Balaban J connectivity index is 1.40. The molecule has 0 aliphatic rings. The molecule has 1 amide bonds. The Bertz CT molecular complexity index is 1330. The zero-order valence-electron chi connectivity index (χ0n) is 18.5. The molecule has 0 saturated heterocycles. The van der Waals surface area contributed by atoms with E-state index in [2.05, 4.69) is 48.3 Å². The van der Waals surface area contributed by atoms with Crippen LogP contribution in [0.1, 0.15) is 27.0 Å². The maximum atomic E-state index is 13.5. The van der Waals surface area contributed by atoms with E-state index in [0.29, 0.717) is 18.7 Å². The molecule has 0 radical (unpaired) electrons. The molecule has 1 N–H and O–H groups in total. The van der Waals surface area contributed by atoms with Gasteiger partial charge in [-0.1, -0.05) is 78.9 Å². The van der Waals surface area contributed by atoms with Gasteiger partial charge in [0.1, 0.15) is 5.82 Å². The second-order valence-electron chi connectivity index (χ2n) is 8.32. The van der Waals surface area contributed by atoms with Crippen molar-refractivity contribution in [2.45, 2.75) is 20.0 Å². The van der Waals surface area contributed by atoms with Crippen LogP contribution in [0.5, 0.6) is 0 Å². The number of fused-ring (bicyclic) bond motifs is 1. The summed E-state index contributed by atoms with van der Waals surface area (Å²) in [6.07, 6.45) is 0. The number of aromatic nitrogens is 2. The van der Waals surface area contributed by atoms with E-state index in [4.69, 9.17) is 4.98 Å². The zero-order valence-corrected chi connectivity index (χ0v) is 18.5. The Morgan fingerprint density at radius 1 is 0.788 bits per heavy atom. The fraction of sp³-hybridized carbons (Fsp3) is 0.103. The number of benzene rings is 4. The maximum absolute atomic E-state index is 13.5. The molecule has 1 aromatic heterocycles. The number of aryl methyl sites for hydroxylation is 1. The maximum Gasteiger partial charge on any atom is 0.254 e. The summed E-state index contributed by atoms with van der Waals surface area (Å²) in [5.41, 5.74) is 6.98. The fourth-order valence-electron chi connectivity index (χ4n) is 4.02. The van der Waals surface area contributed by atoms with Gasteiger partial charge in [-0.05, 0) is 47.9 Å². The smallest absolute Gasteiger partial charge is 0.254 e. The normalized spacial score (nSPS) is 10.9. The van der Waals surface area contributed by atoms with E-state index in [-0.39, 0.29) is 5.91 Å². The lowest BCUT2D eigenvalue weighted by atomic mass is 10.1. The van der Waals surface area contributed by atoms with Crippen molar-refractivity contribution in [1.82, 2.24) is 14.9 Å². The Labute approximate surface area is 193 Å². The Hall–Kier alpha value is -4.18. The SMILES string of the molecule is Cc1ccc2nc(-c3ccc(C(=O)N(Cc4ccccc4)Cc4ccccc4)cc3)[nH]c2c1. The number of hydrogen-bond acceptors (Lipinski definition) is 2. The van der Waals surface area contributed by atoms with Crippen LogP contribution >= 0.6 is 0 Å². The quantitative estimate of drug-likeness (QED) is 0.339. The van der Waals surface area contributed by atoms with E-state index in [1.165, 1.54) is 5.56 Å². The number of amides is 1. The molecule has 4 nitrogen and oxygen atoms in total. The average Bonchev–Trinajstić information content (AvgIpc) is 3.28. The third-order valence-corrected chi connectivity index (χ3v) is 5.76. The third-order valence-electron chi connectivity index (χ3n) is 5.76. The second kappa shape index (κ2) is 9.13. The van der Waals surface area contributed by atoms with Crippen LogP contribution in [0.3, 0.4) is 0 Å². The molecular formula is C29H25N3O. The first-order valence-corrected chi connectivity index (χ1v) is 11.1. The van der Waals surface area contributed by atoms with E-state index in [9.17, 15) is 4.79 Å². The van der Waals surface area contributed by atoms with Crippen molar-refractivity contribution in [1.29, 1.82) is 0 Å². The molecule has 0 spiro atoms. The molecule has 162 valence electrons. The van der Waals surface area contributed by atoms with Crippen molar-refractivity contribution in [3.05, 3.63) is 125 Å². The third kappa shape index (κ3) is 4.70. The summed E-state index contributed by atoms with van der Waals surface area (Å²) in [6.45, 7) is 3.18. The summed E-state index contributed by atoms with van der Waals surface area (Å²) >= 11 is 0. The summed E-state index contributed by atoms with van der Waals surface area (Å²) in [5.74, 6) is 0.814. The Kier molecular flexibility index (Phi) is 5.73. The van der Waals surface area contributed by atoms with Crippen molar-refractivity contribution in [2.24, 2.45) is 0 Å². The number of hydrogen-bond donors (Lipinski definition) is 1. The fourth-order valence-corrected chi connectivity index (χ4v) is 4.02. The van der Waals surface area contributed by atoms with Gasteiger partial charge in [0.25, 0.3) is 5.91 Å². The summed E-state index contributed by atoms with van der Waals surface area (Å²) in [7, 11) is 0. The molecule has 4 aromatic carbocycles. The van der Waals surface area contributed by atoms with Gasteiger partial charge in [-0.2, -0.15) is 0 Å². The van der Waals surface area contributed by atoms with Gasteiger partial charge in [0.05, 0.1) is 11.0 Å². The van der Waals surface area contributed by atoms with E-state index in [1.54, 1.807) is 0 Å². The highest BCUT2D eigenvalue weighted by Gasteiger charge is 2.17. The summed E-state index contributed by atoms with van der Waals surface area (Å²) in [6, 6.07) is 34.1. The largest absolute Gasteiger partial charge is 0.338 e. The highest BCUT2D eigenvalue weighted by Crippen LogP contribution is 2.23. The van der Waals surface area contributed by atoms with Crippen LogP contribution in [0.2, 0.25) is 0 Å². The van der Waals surface area contributed by atoms with Crippen LogP contribution in [0, 0.1) is 6.92 Å². The molecule has 0 bridgehead atoms. The molecule has 0 atom stereocenters. The first kappa shape index (κ1) is 20.7. The van der Waals surface area contributed by atoms with Crippen LogP contribution in [0.4, 0.5) is 0 Å². The second-order valence-corrected chi connectivity index (χ2v) is 8.32. The molecule has 0 aliphatic carbocycles. The minimum absolute atomic E-state index is 0.00878. The first-order chi connectivity index (χ1) is 16.2. The van der Waals surface area contributed by atoms with Gasteiger partial charge < -0.3 is 9.88 Å². The average molecular weight is 432 g/mol. The first-order valence-electron chi connectivity index (χ1n) is 11.1. The number of rotatable bonds is 6. The van der Waals surface area contributed by atoms with Crippen LogP contribution in [0.15, 0.2) is 103 Å². The van der Waals surface area contributed by atoms with Gasteiger partial charge in [0, 0.05) is 24.2 Å². The molecule has 5 aromatic rings. The predicted molar refractivity (Wildman–Crippen MR) is 133 cm³/mol. The van der Waals surface area contributed by atoms with Crippen molar-refractivity contribution < 1.29 is 4.79 Å². The number of imidazole rings is 1. The number of H-pyrrole nitrogens is 1. The van der Waals surface area contributed by atoms with Gasteiger partial charge in [0.15, 0.2) is 0 Å². The standard InChI is InChI=1S/C29H25N3O/c1-21-12-17-26-27(18-21)31-28(30-26)24-13-15-25(16-14-24)29(33)32(19-22-8-4-2-5-9-22)20-23-10-6-3-7-11-23/h2-18H,19-20H2,1H3,(H,30,31). The monoisotopic (exact) mass is 431 g/mol. The van der Waals surface area contributed by atoms with E-state index < -0.39 is 0 Å². The van der Waals surface area contributed by atoms with Crippen molar-refractivity contribution in [3.63, 3.8) is 0 Å². The van der Waals surface area contributed by atoms with Gasteiger partial charge in [-0.25, -0.2) is 4.98 Å². The lowest BCUT2D eigenvalue weighted by Gasteiger charge is -2.23. The molecule has 0 unspecified atom stereocenters. The minimum atomic E-state index is 0.00878. The van der Waals surface area contributed by atoms with Gasteiger partial charge in [-0.3, -0.25) is 4.79 Å². The van der Waals surface area contributed by atoms with E-state index in [1.807, 2.05) is 71.6 Å². The summed E-state index contributed by atoms with van der Waals surface area (Å²) in [5, 5.41) is 0. The molecular weight excluding hydrogens is 406 g/mol. The lowest BCUT2D eigenvalue weighted by molar-refractivity contribution is 0.0730. The van der Waals surface area contributed by atoms with E-state index >= 15 is 0 Å². The molecule has 0 fully saturated rings. The molecule has 1 heterocycles. The Morgan fingerprint density at radius 2 is 1.39 bits per heavy atom. The van der Waals surface area contributed by atoms with Crippen LogP contribution < -0.4 is 0 Å². The van der Waals surface area contributed by atoms with Crippen molar-refractivity contribution >= 4 is 16.9 Å². The van der Waals surface area contributed by atoms with Gasteiger partial charge >= 0.3 is 0 Å². The number of nitrogens with one attached hydrogen (secondary N) is 1. The minimum Gasteiger partial charge on any atom is -0.338 e. The van der Waals surface area contributed by atoms with Crippen molar-refractivity contribution in [2.75, 3.05) is 0 Å². The molecule has 5 rings (SSSR count). The summed E-state index contributed by atoms with van der Waals surface area (Å²) < 4.78 is 0. The zero-order chi connectivity index (χ0) is 22.6. The van der Waals surface area contributed by atoms with Gasteiger partial charge in [0.2, 0.25) is 0 Å². The summed E-state index contributed by atoms with van der Waals surface area (Å²) in [4.78, 5) is 23.5. The predicted octanol–water partition coefficient (Wildman–Crippen LogP) is 6.38. The molecule has 4 heteroatoms. The van der Waals surface area contributed by atoms with Gasteiger partial charge in [-0.15, -0.1) is 0 Å². The highest BCUT2D eigenvalue weighted by molar-refractivity contribution is 5.94. The highest BCUT2D eigenvalue weighted by atomic mass is 16.2. The van der Waals surface area contributed by atoms with Crippen molar-refractivity contribution in [3.8, 4) is 11.4 Å². The molecule has 33 heavy (non-hydrogen) atoms. The number of carbonyl (C=O) groups is 1.